The number of carbonyl (C=O) groups is 1. The zero-order chi connectivity index (χ0) is 26.0. The summed E-state index contributed by atoms with van der Waals surface area (Å²) in [5, 5.41) is 8.56. The van der Waals surface area contributed by atoms with Crippen LogP contribution in [0.1, 0.15) is 25.7 Å². The van der Waals surface area contributed by atoms with E-state index >= 15 is 0 Å². The van der Waals surface area contributed by atoms with Crippen LogP contribution < -0.4 is 13.8 Å². The summed E-state index contributed by atoms with van der Waals surface area (Å²) in [4.78, 5) is 12.0. The number of quaternary nitrogens is 1. The van der Waals surface area contributed by atoms with Gasteiger partial charge >= 0.3 is 17.7 Å². The molecule has 2 aliphatic heterocycles. The van der Waals surface area contributed by atoms with E-state index in [1.165, 1.54) is 28.0 Å². The van der Waals surface area contributed by atoms with Crippen LogP contribution in [0.15, 0.2) is 40.1 Å². The molecule has 14 heteroatoms. The Bertz CT molecular complexity index is 1590. The normalized spacial score (nSPS) is 22.8. The van der Waals surface area contributed by atoms with Crippen molar-refractivity contribution in [2.24, 2.45) is 0 Å². The van der Waals surface area contributed by atoms with Crippen molar-refractivity contribution in [3.63, 3.8) is 0 Å². The smallest absolute Gasteiger partial charge is 0.375 e. The molecule has 1 N–H and O–H groups in total. The molecule has 2 unspecified atom stereocenters. The van der Waals surface area contributed by atoms with Gasteiger partial charge in [-0.3, -0.25) is 0 Å². The Labute approximate surface area is 224 Å². The minimum absolute atomic E-state index is 0.158. The first-order valence-electron chi connectivity index (χ1n) is 10.7. The lowest BCUT2D eigenvalue weighted by atomic mass is 10.1. The van der Waals surface area contributed by atoms with Gasteiger partial charge in [-0.2, -0.15) is 0 Å². The summed E-state index contributed by atoms with van der Waals surface area (Å²) in [6.45, 7) is 1.83. The number of aliphatic carboxylic acids is 1. The van der Waals surface area contributed by atoms with Gasteiger partial charge in [-0.1, -0.05) is 53.1 Å². The molecule has 5 rings (SSSR count). The fourth-order valence-corrected chi connectivity index (χ4v) is 7.12. The van der Waals surface area contributed by atoms with Gasteiger partial charge in [0.25, 0.3) is 10.4 Å². The number of benzene rings is 1. The number of thiophene rings is 1. The molecule has 2 aromatic heterocycles. The number of aromatic nitrogens is 1. The van der Waals surface area contributed by atoms with Crippen LogP contribution in [0.25, 0.3) is 16.5 Å². The maximum atomic E-state index is 12.2. The third kappa shape index (κ3) is 4.12. The van der Waals surface area contributed by atoms with E-state index in [0.717, 1.165) is 0 Å². The first-order valence-corrected chi connectivity index (χ1v) is 14.1. The molecule has 0 amide bonds. The highest BCUT2D eigenvalue weighted by atomic mass is 35.5. The molecule has 0 radical (unpaired) electrons. The topological polar surface area (TPSA) is 121 Å². The van der Waals surface area contributed by atoms with Gasteiger partial charge in [-0.25, -0.2) is 17.7 Å². The first-order chi connectivity index (χ1) is 16.9. The largest absolute Gasteiger partial charge is 0.743 e. The van der Waals surface area contributed by atoms with Crippen LogP contribution in [0.5, 0.6) is 5.75 Å². The zero-order valence-electron chi connectivity index (χ0n) is 18.5. The lowest BCUT2D eigenvalue weighted by Crippen LogP contribution is -2.67. The molecule has 1 spiro atoms. The summed E-state index contributed by atoms with van der Waals surface area (Å²) in [5.41, 5.74) is 1.63. The molecule has 190 valence electrons. The van der Waals surface area contributed by atoms with E-state index in [4.69, 9.17) is 44.0 Å². The Balaban J connectivity index is 1.65. The minimum Gasteiger partial charge on any atom is -0.743 e. The monoisotopic (exact) mass is 591 g/mol. The minimum atomic E-state index is -4.69. The fraction of sp³-hybridized carbons (Fsp3) is 0.273. The Morgan fingerprint density at radius 1 is 1.31 bits per heavy atom. The second kappa shape index (κ2) is 9.02. The predicted octanol–water partition coefficient (Wildman–Crippen LogP) is 5.14. The highest BCUT2D eigenvalue weighted by Gasteiger charge is 2.61. The molecule has 2 aliphatic rings. The molecule has 0 bridgehead atoms. The number of rotatable bonds is 6. The van der Waals surface area contributed by atoms with Crippen molar-refractivity contribution in [3.05, 3.63) is 56.0 Å². The Kier molecular flexibility index (Phi) is 6.39. The molecule has 0 aliphatic carbocycles. The number of fused-ring (bicyclic) bond motifs is 3. The van der Waals surface area contributed by atoms with Crippen LogP contribution in [0.4, 0.5) is 5.69 Å². The van der Waals surface area contributed by atoms with Gasteiger partial charge in [-0.05, 0) is 12.0 Å². The quantitative estimate of drug-likeness (QED) is 0.239. The standard InChI is InChI=1S/C22H17Cl3N2O7S2/c1-2-11(5-18-26(10-21(28)29)14-9-17(25)35-22(14)34-18)6-19-27(4-3-20(27)36(30,31)32)15-7-12(23)13(24)8-16(15)33-19/h5-9,20H,2-4,10H2,1H3/p+1. The molecule has 2 atom stereocenters. The molecule has 36 heavy (non-hydrogen) atoms. The highest BCUT2D eigenvalue weighted by Crippen LogP contribution is 2.55. The van der Waals surface area contributed by atoms with Crippen molar-refractivity contribution >= 4 is 84.4 Å². The van der Waals surface area contributed by atoms with Gasteiger partial charge in [-0.15, -0.1) is 4.57 Å². The number of oxazole rings is 1. The van der Waals surface area contributed by atoms with E-state index in [9.17, 15) is 22.9 Å². The molecule has 1 aromatic carbocycles. The van der Waals surface area contributed by atoms with E-state index in [-0.39, 0.29) is 39.3 Å². The number of nitrogens with zero attached hydrogens (tertiary/aromatic N) is 2. The third-order valence-electron chi connectivity index (χ3n) is 6.32. The Morgan fingerprint density at radius 3 is 2.64 bits per heavy atom. The van der Waals surface area contributed by atoms with Crippen LogP contribution in [-0.2, 0) is 21.5 Å². The molecule has 3 aromatic rings. The van der Waals surface area contributed by atoms with Crippen LogP contribution in [0.2, 0.25) is 14.4 Å². The van der Waals surface area contributed by atoms with E-state index in [2.05, 4.69) is 0 Å². The van der Waals surface area contributed by atoms with Gasteiger partial charge in [0.05, 0.1) is 29.1 Å². The third-order valence-corrected chi connectivity index (χ3v) is 9.43. The second-order valence-electron chi connectivity index (χ2n) is 8.36. The van der Waals surface area contributed by atoms with Crippen molar-refractivity contribution in [1.29, 1.82) is 0 Å². The number of carboxylic acids is 1. The molecular weight excluding hydrogens is 575 g/mol. The molecule has 0 saturated carbocycles. The van der Waals surface area contributed by atoms with Gasteiger partial charge in [0.1, 0.15) is 4.34 Å². The number of ether oxygens (including phenoxy) is 1. The number of carboxylic acid groups (broad SMARTS) is 1. The van der Waals surface area contributed by atoms with E-state index < -0.39 is 21.5 Å². The number of hydrogen-bond acceptors (Lipinski definition) is 7. The van der Waals surface area contributed by atoms with Gasteiger partial charge < -0.3 is 18.8 Å². The number of hydrogen-bond donors (Lipinski definition) is 1. The second-order valence-corrected chi connectivity index (χ2v) is 12.4. The van der Waals surface area contributed by atoms with Gasteiger partial charge in [0.2, 0.25) is 6.54 Å². The van der Waals surface area contributed by atoms with Gasteiger partial charge in [0.15, 0.2) is 26.9 Å². The van der Waals surface area contributed by atoms with Crippen molar-refractivity contribution in [2.45, 2.75) is 31.7 Å². The van der Waals surface area contributed by atoms with E-state index in [1.807, 2.05) is 6.92 Å². The van der Waals surface area contributed by atoms with Crippen molar-refractivity contribution in [1.82, 2.24) is 4.48 Å². The van der Waals surface area contributed by atoms with Crippen LogP contribution in [-0.4, -0.2) is 36.0 Å². The number of halogens is 3. The molecule has 1 fully saturated rings. The van der Waals surface area contributed by atoms with Crippen molar-refractivity contribution in [2.75, 3.05) is 6.54 Å². The molecule has 1 saturated heterocycles. The number of allylic oxidation sites excluding steroid dienone is 2. The van der Waals surface area contributed by atoms with E-state index in [0.29, 0.717) is 44.7 Å². The average molecular weight is 593 g/mol. The average Bonchev–Trinajstić information content (AvgIpc) is 3.36. The molecular formula is C22H18Cl3N2O7S2+. The Hall–Kier alpha value is -2.12. The molecule has 4 heterocycles. The van der Waals surface area contributed by atoms with Crippen molar-refractivity contribution in [3.8, 4) is 5.75 Å². The van der Waals surface area contributed by atoms with Crippen LogP contribution in [0, 0.1) is 0 Å². The lowest BCUT2D eigenvalue weighted by Gasteiger charge is -2.47. The fourth-order valence-electron chi connectivity index (χ4n) is 4.59. The summed E-state index contributed by atoms with van der Waals surface area (Å²) in [6, 6.07) is 4.65. The maximum Gasteiger partial charge on any atom is 0.375 e. The highest BCUT2D eigenvalue weighted by molar-refractivity contribution is 7.86. The van der Waals surface area contributed by atoms with Crippen molar-refractivity contribution < 1.29 is 36.6 Å². The lowest BCUT2D eigenvalue weighted by molar-refractivity contribution is -0.666. The Morgan fingerprint density at radius 2 is 2.03 bits per heavy atom. The SMILES string of the molecule is CCC(=Cc1oc2sc(Cl)cc2[n+]1CC(=O)O)C=C1Oc2cc(Cl)c(Cl)cc2[N+]12CCC2S(=O)(=O)[O-]. The summed E-state index contributed by atoms with van der Waals surface area (Å²) >= 11 is 19.6. The zero-order valence-corrected chi connectivity index (χ0v) is 22.4. The summed E-state index contributed by atoms with van der Waals surface area (Å²) in [5.74, 6) is -0.247. The molecule has 9 nitrogen and oxygen atoms in total. The summed E-state index contributed by atoms with van der Waals surface area (Å²) in [6.07, 6.45) is 3.92. The maximum absolute atomic E-state index is 12.2. The van der Waals surface area contributed by atoms with Crippen LogP contribution in [0.3, 0.4) is 0 Å². The predicted molar refractivity (Wildman–Crippen MR) is 135 cm³/mol. The first kappa shape index (κ1) is 25.5. The summed E-state index contributed by atoms with van der Waals surface area (Å²) < 4.78 is 50.0. The van der Waals surface area contributed by atoms with Gasteiger partial charge in [0, 0.05) is 24.3 Å². The summed E-state index contributed by atoms with van der Waals surface area (Å²) in [7, 11) is -4.69. The van der Waals surface area contributed by atoms with E-state index in [1.54, 1.807) is 18.2 Å². The van der Waals surface area contributed by atoms with Crippen LogP contribution >= 0.6 is 46.1 Å².